The Kier molecular flexibility index (Phi) is 5.42. The van der Waals surface area contributed by atoms with E-state index in [1.165, 1.54) is 5.56 Å². The molecular formula is C13H21BrN2. The van der Waals surface area contributed by atoms with Crippen LogP contribution in [-0.4, -0.2) is 35.4 Å². The van der Waals surface area contributed by atoms with Crippen molar-refractivity contribution in [2.24, 2.45) is 5.41 Å². The zero-order chi connectivity index (χ0) is 12.0. The van der Waals surface area contributed by atoms with Crippen LogP contribution in [0.15, 0.2) is 24.5 Å². The lowest BCUT2D eigenvalue weighted by Gasteiger charge is -2.28. The predicted octanol–water partition coefficient (Wildman–Crippen LogP) is 2.98. The Morgan fingerprint density at radius 1 is 1.31 bits per heavy atom. The molecule has 0 spiro atoms. The van der Waals surface area contributed by atoms with Gasteiger partial charge < -0.3 is 4.90 Å². The van der Waals surface area contributed by atoms with Crippen molar-refractivity contribution < 1.29 is 0 Å². The molecule has 0 fully saturated rings. The van der Waals surface area contributed by atoms with Crippen molar-refractivity contribution in [3.05, 3.63) is 30.1 Å². The first-order chi connectivity index (χ1) is 7.53. The highest BCUT2D eigenvalue weighted by Crippen LogP contribution is 2.19. The summed E-state index contributed by atoms with van der Waals surface area (Å²) in [6.45, 7) is 6.78. The molecule has 1 aromatic heterocycles. The van der Waals surface area contributed by atoms with Crippen molar-refractivity contribution in [3.8, 4) is 0 Å². The minimum atomic E-state index is 0.340. The van der Waals surface area contributed by atoms with Crippen LogP contribution in [0.4, 0.5) is 0 Å². The molecule has 0 aliphatic rings. The topological polar surface area (TPSA) is 16.1 Å². The Labute approximate surface area is 107 Å². The maximum atomic E-state index is 4.03. The fourth-order valence-electron chi connectivity index (χ4n) is 1.72. The molecule has 0 unspecified atom stereocenters. The number of nitrogens with zero attached hydrogens (tertiary/aromatic N) is 2. The predicted molar refractivity (Wildman–Crippen MR) is 73.0 cm³/mol. The Morgan fingerprint density at radius 2 is 1.94 bits per heavy atom. The molecule has 0 N–H and O–H groups in total. The highest BCUT2D eigenvalue weighted by Gasteiger charge is 2.18. The lowest BCUT2D eigenvalue weighted by molar-refractivity contribution is 0.234. The van der Waals surface area contributed by atoms with E-state index in [4.69, 9.17) is 0 Å². The van der Waals surface area contributed by atoms with E-state index < -0.39 is 0 Å². The highest BCUT2D eigenvalue weighted by molar-refractivity contribution is 9.09. The van der Waals surface area contributed by atoms with Gasteiger partial charge in [0.2, 0.25) is 0 Å². The number of aromatic nitrogens is 1. The number of hydrogen-bond acceptors (Lipinski definition) is 2. The number of alkyl halides is 1. The van der Waals surface area contributed by atoms with Crippen molar-refractivity contribution in [3.63, 3.8) is 0 Å². The second-order valence-corrected chi connectivity index (χ2v) is 5.70. The molecule has 1 heterocycles. The first-order valence-corrected chi connectivity index (χ1v) is 6.79. The summed E-state index contributed by atoms with van der Waals surface area (Å²) < 4.78 is 0. The number of pyridine rings is 1. The number of likely N-dealkylation sites (N-methyl/N-ethyl adjacent to an activating group) is 1. The zero-order valence-electron chi connectivity index (χ0n) is 10.4. The van der Waals surface area contributed by atoms with Gasteiger partial charge in [-0.2, -0.15) is 0 Å². The number of halogens is 1. The van der Waals surface area contributed by atoms with Crippen molar-refractivity contribution >= 4 is 15.9 Å². The molecule has 0 aliphatic carbocycles. The third-order valence-electron chi connectivity index (χ3n) is 2.59. The number of hydrogen-bond donors (Lipinski definition) is 0. The minimum Gasteiger partial charge on any atom is -0.305 e. The van der Waals surface area contributed by atoms with Gasteiger partial charge in [-0.05, 0) is 36.6 Å². The van der Waals surface area contributed by atoms with E-state index in [0.29, 0.717) is 5.41 Å². The first kappa shape index (κ1) is 13.7. The van der Waals surface area contributed by atoms with E-state index in [1.54, 1.807) is 0 Å². The molecule has 1 rings (SSSR count). The summed E-state index contributed by atoms with van der Waals surface area (Å²) in [6.07, 6.45) is 4.81. The van der Waals surface area contributed by atoms with Crippen LogP contribution < -0.4 is 0 Å². The quantitative estimate of drug-likeness (QED) is 0.747. The molecule has 2 nitrogen and oxygen atoms in total. The molecule has 90 valence electrons. The van der Waals surface area contributed by atoms with Gasteiger partial charge in [0, 0.05) is 30.8 Å². The second kappa shape index (κ2) is 6.36. The van der Waals surface area contributed by atoms with Crippen LogP contribution in [0.3, 0.4) is 0 Å². The summed E-state index contributed by atoms with van der Waals surface area (Å²) in [6, 6.07) is 4.17. The summed E-state index contributed by atoms with van der Waals surface area (Å²) in [5.74, 6) is 0. The Hall–Kier alpha value is -0.410. The molecule has 0 amide bonds. The lowest BCUT2D eigenvalue weighted by Crippen LogP contribution is -2.33. The Morgan fingerprint density at radius 3 is 2.50 bits per heavy atom. The number of rotatable bonds is 6. The van der Waals surface area contributed by atoms with Crippen LogP contribution in [0.2, 0.25) is 0 Å². The Balaban J connectivity index is 2.33. The van der Waals surface area contributed by atoms with Crippen LogP contribution in [0, 0.1) is 5.41 Å². The molecule has 0 bridgehead atoms. The van der Waals surface area contributed by atoms with Crippen LogP contribution in [0.25, 0.3) is 0 Å². The molecule has 0 aliphatic heterocycles. The van der Waals surface area contributed by atoms with Gasteiger partial charge in [-0.15, -0.1) is 0 Å². The monoisotopic (exact) mass is 284 g/mol. The summed E-state index contributed by atoms with van der Waals surface area (Å²) in [7, 11) is 2.19. The summed E-state index contributed by atoms with van der Waals surface area (Å²) >= 11 is 3.56. The standard InChI is InChI=1S/C13H21BrN2/c1-13(2,10-14)11-16(3)9-6-12-4-7-15-8-5-12/h4-5,7-8H,6,9-11H2,1-3H3. The van der Waals surface area contributed by atoms with Crippen LogP contribution in [0.1, 0.15) is 19.4 Å². The largest absolute Gasteiger partial charge is 0.305 e. The van der Waals surface area contributed by atoms with E-state index in [1.807, 2.05) is 12.4 Å². The lowest BCUT2D eigenvalue weighted by atomic mass is 9.96. The van der Waals surface area contributed by atoms with Gasteiger partial charge in [0.25, 0.3) is 0 Å². The van der Waals surface area contributed by atoms with E-state index in [0.717, 1.165) is 24.8 Å². The zero-order valence-corrected chi connectivity index (χ0v) is 12.0. The van der Waals surface area contributed by atoms with Crippen molar-refractivity contribution in [1.29, 1.82) is 0 Å². The van der Waals surface area contributed by atoms with Gasteiger partial charge in [-0.25, -0.2) is 0 Å². The SMILES string of the molecule is CN(CCc1ccncc1)CC(C)(C)CBr. The fraction of sp³-hybridized carbons (Fsp3) is 0.615. The average molecular weight is 285 g/mol. The molecule has 16 heavy (non-hydrogen) atoms. The summed E-state index contributed by atoms with van der Waals surface area (Å²) in [4.78, 5) is 6.42. The highest BCUT2D eigenvalue weighted by atomic mass is 79.9. The maximum absolute atomic E-state index is 4.03. The van der Waals surface area contributed by atoms with Crippen molar-refractivity contribution in [1.82, 2.24) is 9.88 Å². The van der Waals surface area contributed by atoms with E-state index >= 15 is 0 Å². The minimum absolute atomic E-state index is 0.340. The van der Waals surface area contributed by atoms with Gasteiger partial charge in [0.05, 0.1) is 0 Å². The van der Waals surface area contributed by atoms with Gasteiger partial charge in [0.1, 0.15) is 0 Å². The molecule has 1 aromatic rings. The summed E-state index contributed by atoms with van der Waals surface area (Å²) in [5.41, 5.74) is 1.70. The van der Waals surface area contributed by atoms with Crippen LogP contribution in [-0.2, 0) is 6.42 Å². The van der Waals surface area contributed by atoms with E-state index in [9.17, 15) is 0 Å². The van der Waals surface area contributed by atoms with E-state index in [2.05, 4.69) is 58.8 Å². The van der Waals surface area contributed by atoms with Gasteiger partial charge in [0.15, 0.2) is 0 Å². The first-order valence-electron chi connectivity index (χ1n) is 5.67. The van der Waals surface area contributed by atoms with Gasteiger partial charge >= 0.3 is 0 Å². The second-order valence-electron chi connectivity index (χ2n) is 5.14. The van der Waals surface area contributed by atoms with Crippen LogP contribution >= 0.6 is 15.9 Å². The normalized spacial score (nSPS) is 12.1. The molecule has 0 radical (unpaired) electrons. The van der Waals surface area contributed by atoms with Gasteiger partial charge in [-0.1, -0.05) is 29.8 Å². The molecule has 0 aromatic carbocycles. The third-order valence-corrected chi connectivity index (χ3v) is 4.11. The van der Waals surface area contributed by atoms with Crippen LogP contribution in [0.5, 0.6) is 0 Å². The van der Waals surface area contributed by atoms with E-state index in [-0.39, 0.29) is 0 Å². The third kappa shape index (κ3) is 5.08. The van der Waals surface area contributed by atoms with Crippen molar-refractivity contribution in [2.75, 3.05) is 25.5 Å². The van der Waals surface area contributed by atoms with Crippen molar-refractivity contribution in [2.45, 2.75) is 20.3 Å². The molecule has 0 saturated carbocycles. The smallest absolute Gasteiger partial charge is 0.0270 e. The molecule has 0 saturated heterocycles. The average Bonchev–Trinajstić information content (AvgIpc) is 2.27. The molecule has 3 heteroatoms. The van der Waals surface area contributed by atoms with Gasteiger partial charge in [-0.3, -0.25) is 4.98 Å². The summed E-state index contributed by atoms with van der Waals surface area (Å²) in [5, 5.41) is 1.04. The molecular weight excluding hydrogens is 264 g/mol. The Bertz CT molecular complexity index is 298. The maximum Gasteiger partial charge on any atom is 0.0270 e. The fourth-order valence-corrected chi connectivity index (χ4v) is 1.90. The molecule has 0 atom stereocenters.